The second-order valence-corrected chi connectivity index (χ2v) is 5.90. The molecule has 1 N–H and O–H groups in total. The van der Waals surface area contributed by atoms with Crippen LogP contribution in [0.25, 0.3) is 0 Å². The van der Waals surface area contributed by atoms with Crippen LogP contribution in [0.1, 0.15) is 33.3 Å². The third kappa shape index (κ3) is 6.46. The van der Waals surface area contributed by atoms with E-state index in [4.69, 9.17) is 9.47 Å². The molecule has 4 nitrogen and oxygen atoms in total. The Balaban J connectivity index is 2.37. The van der Waals surface area contributed by atoms with E-state index in [0.29, 0.717) is 31.8 Å². The highest BCUT2D eigenvalue weighted by Gasteiger charge is 2.17. The summed E-state index contributed by atoms with van der Waals surface area (Å²) in [5, 5.41) is 10.1. The van der Waals surface area contributed by atoms with Gasteiger partial charge in [-0.2, -0.15) is 0 Å². The van der Waals surface area contributed by atoms with E-state index in [0.717, 1.165) is 11.3 Å². The molecular formula is C17H29NO3. The SMILES string of the molecule is COc1cccc(COCC(O)CN(C(C)C)C(C)C)c1. The van der Waals surface area contributed by atoms with Gasteiger partial charge in [0.2, 0.25) is 0 Å². The van der Waals surface area contributed by atoms with Crippen LogP contribution in [0.2, 0.25) is 0 Å². The fourth-order valence-corrected chi connectivity index (χ4v) is 2.39. The molecule has 0 amide bonds. The summed E-state index contributed by atoms with van der Waals surface area (Å²) in [5.74, 6) is 0.822. The number of benzene rings is 1. The van der Waals surface area contributed by atoms with Crippen molar-refractivity contribution in [3.8, 4) is 5.75 Å². The van der Waals surface area contributed by atoms with Gasteiger partial charge in [0.1, 0.15) is 5.75 Å². The molecule has 1 unspecified atom stereocenters. The Kier molecular flexibility index (Phi) is 7.72. The van der Waals surface area contributed by atoms with Crippen LogP contribution in [0.15, 0.2) is 24.3 Å². The second-order valence-electron chi connectivity index (χ2n) is 5.90. The number of hydrogen-bond donors (Lipinski definition) is 1. The van der Waals surface area contributed by atoms with Crippen molar-refractivity contribution in [1.29, 1.82) is 0 Å². The molecule has 0 spiro atoms. The second kappa shape index (κ2) is 9.03. The molecule has 0 fully saturated rings. The predicted molar refractivity (Wildman–Crippen MR) is 85.6 cm³/mol. The normalized spacial score (nSPS) is 13.2. The van der Waals surface area contributed by atoms with Crippen molar-refractivity contribution >= 4 is 0 Å². The third-order valence-corrected chi connectivity index (χ3v) is 3.46. The number of ether oxygens (including phenoxy) is 2. The minimum Gasteiger partial charge on any atom is -0.497 e. The van der Waals surface area contributed by atoms with E-state index in [2.05, 4.69) is 32.6 Å². The molecule has 0 bridgehead atoms. The summed E-state index contributed by atoms with van der Waals surface area (Å²) < 4.78 is 10.8. The minimum atomic E-state index is -0.472. The maximum absolute atomic E-state index is 10.1. The smallest absolute Gasteiger partial charge is 0.119 e. The maximum atomic E-state index is 10.1. The van der Waals surface area contributed by atoms with Gasteiger partial charge in [-0.15, -0.1) is 0 Å². The Bertz CT molecular complexity index is 399. The van der Waals surface area contributed by atoms with Crippen molar-refractivity contribution in [2.24, 2.45) is 0 Å². The zero-order valence-corrected chi connectivity index (χ0v) is 13.9. The Morgan fingerprint density at radius 1 is 1.14 bits per heavy atom. The topological polar surface area (TPSA) is 41.9 Å². The van der Waals surface area contributed by atoms with Crippen LogP contribution in [0.4, 0.5) is 0 Å². The monoisotopic (exact) mass is 295 g/mol. The predicted octanol–water partition coefficient (Wildman–Crippen LogP) is 2.69. The van der Waals surface area contributed by atoms with Crippen LogP contribution >= 0.6 is 0 Å². The van der Waals surface area contributed by atoms with Crippen LogP contribution in [-0.2, 0) is 11.3 Å². The summed E-state index contributed by atoms with van der Waals surface area (Å²) >= 11 is 0. The van der Waals surface area contributed by atoms with Gasteiger partial charge in [-0.1, -0.05) is 12.1 Å². The zero-order chi connectivity index (χ0) is 15.8. The van der Waals surface area contributed by atoms with Gasteiger partial charge in [-0.05, 0) is 45.4 Å². The molecule has 1 rings (SSSR count). The molecule has 0 heterocycles. The van der Waals surface area contributed by atoms with Gasteiger partial charge in [0, 0.05) is 18.6 Å². The molecule has 1 aromatic carbocycles. The Morgan fingerprint density at radius 3 is 2.38 bits per heavy atom. The Morgan fingerprint density at radius 2 is 1.81 bits per heavy atom. The molecule has 0 radical (unpaired) electrons. The molecule has 0 aromatic heterocycles. The van der Waals surface area contributed by atoms with Crippen molar-refractivity contribution in [1.82, 2.24) is 4.90 Å². The van der Waals surface area contributed by atoms with Crippen molar-refractivity contribution in [2.45, 2.75) is 52.5 Å². The summed E-state index contributed by atoms with van der Waals surface area (Å²) in [5.41, 5.74) is 1.05. The van der Waals surface area contributed by atoms with Gasteiger partial charge >= 0.3 is 0 Å². The van der Waals surface area contributed by atoms with Gasteiger partial charge < -0.3 is 14.6 Å². The lowest BCUT2D eigenvalue weighted by Crippen LogP contribution is -2.43. The summed E-state index contributed by atoms with van der Waals surface area (Å²) in [4.78, 5) is 2.26. The first-order valence-electron chi connectivity index (χ1n) is 7.58. The molecule has 21 heavy (non-hydrogen) atoms. The van der Waals surface area contributed by atoms with E-state index >= 15 is 0 Å². The minimum absolute atomic E-state index is 0.340. The average molecular weight is 295 g/mol. The Labute approximate surface area is 128 Å². The lowest BCUT2D eigenvalue weighted by molar-refractivity contribution is -0.00160. The molecular weight excluding hydrogens is 266 g/mol. The molecule has 4 heteroatoms. The van der Waals surface area contributed by atoms with Crippen molar-refractivity contribution < 1.29 is 14.6 Å². The molecule has 0 saturated heterocycles. The van der Waals surface area contributed by atoms with E-state index < -0.39 is 6.10 Å². The van der Waals surface area contributed by atoms with E-state index in [1.54, 1.807) is 7.11 Å². The molecule has 0 saturated carbocycles. The summed E-state index contributed by atoms with van der Waals surface area (Å²) in [6.45, 7) is 10.0. The Hall–Kier alpha value is -1.10. The summed E-state index contributed by atoms with van der Waals surface area (Å²) in [6, 6.07) is 8.61. The standard InChI is InChI=1S/C17H29NO3/c1-13(2)18(14(3)4)10-16(19)12-21-11-15-7-6-8-17(9-15)20-5/h6-9,13-14,16,19H,10-12H2,1-5H3. The van der Waals surface area contributed by atoms with Gasteiger partial charge in [-0.3, -0.25) is 4.90 Å². The van der Waals surface area contributed by atoms with Gasteiger partial charge in [-0.25, -0.2) is 0 Å². The van der Waals surface area contributed by atoms with Crippen LogP contribution in [0, 0.1) is 0 Å². The van der Waals surface area contributed by atoms with Crippen molar-refractivity contribution in [3.63, 3.8) is 0 Å². The number of aliphatic hydroxyl groups is 1. The van der Waals surface area contributed by atoms with Gasteiger partial charge in [0.05, 0.1) is 26.4 Å². The molecule has 120 valence electrons. The molecule has 1 aromatic rings. The van der Waals surface area contributed by atoms with Crippen LogP contribution in [0.3, 0.4) is 0 Å². The van der Waals surface area contributed by atoms with Crippen LogP contribution in [0.5, 0.6) is 5.75 Å². The quantitative estimate of drug-likeness (QED) is 0.760. The van der Waals surface area contributed by atoms with Gasteiger partial charge in [0.25, 0.3) is 0 Å². The van der Waals surface area contributed by atoms with Gasteiger partial charge in [0.15, 0.2) is 0 Å². The maximum Gasteiger partial charge on any atom is 0.119 e. The number of hydrogen-bond acceptors (Lipinski definition) is 4. The van der Waals surface area contributed by atoms with Crippen LogP contribution < -0.4 is 4.74 Å². The molecule has 0 aliphatic carbocycles. The van der Waals surface area contributed by atoms with Crippen LogP contribution in [-0.4, -0.2) is 48.5 Å². The molecule has 0 aliphatic heterocycles. The largest absolute Gasteiger partial charge is 0.497 e. The summed E-state index contributed by atoms with van der Waals surface area (Å²) in [6.07, 6.45) is -0.472. The first-order valence-corrected chi connectivity index (χ1v) is 7.58. The number of nitrogens with zero attached hydrogens (tertiary/aromatic N) is 1. The zero-order valence-electron chi connectivity index (χ0n) is 13.9. The third-order valence-electron chi connectivity index (χ3n) is 3.46. The molecule has 1 atom stereocenters. The fraction of sp³-hybridized carbons (Fsp3) is 0.647. The highest BCUT2D eigenvalue weighted by atomic mass is 16.5. The highest BCUT2D eigenvalue weighted by molar-refractivity contribution is 5.27. The highest BCUT2D eigenvalue weighted by Crippen LogP contribution is 2.13. The van der Waals surface area contributed by atoms with E-state index in [1.165, 1.54) is 0 Å². The van der Waals surface area contributed by atoms with Crippen molar-refractivity contribution in [2.75, 3.05) is 20.3 Å². The average Bonchev–Trinajstić information content (AvgIpc) is 2.44. The van der Waals surface area contributed by atoms with E-state index in [9.17, 15) is 5.11 Å². The molecule has 0 aliphatic rings. The number of rotatable bonds is 9. The number of aliphatic hydroxyl groups excluding tert-OH is 1. The first kappa shape index (κ1) is 18.0. The lowest BCUT2D eigenvalue weighted by Gasteiger charge is -2.32. The van der Waals surface area contributed by atoms with E-state index in [-0.39, 0.29) is 0 Å². The first-order chi connectivity index (χ1) is 9.93. The van der Waals surface area contributed by atoms with Crippen molar-refractivity contribution in [3.05, 3.63) is 29.8 Å². The number of methoxy groups -OCH3 is 1. The fourth-order valence-electron chi connectivity index (χ4n) is 2.39. The summed E-state index contributed by atoms with van der Waals surface area (Å²) in [7, 11) is 1.65. The lowest BCUT2D eigenvalue weighted by atomic mass is 10.2. The van der Waals surface area contributed by atoms with E-state index in [1.807, 2.05) is 24.3 Å².